The predicted octanol–water partition coefficient (Wildman–Crippen LogP) is 3.96. The van der Waals surface area contributed by atoms with Gasteiger partial charge >= 0.3 is 0 Å². The molecule has 3 amide bonds. The molecule has 0 radical (unpaired) electrons. The number of benzene rings is 2. The zero-order valence-electron chi connectivity index (χ0n) is 18.3. The molecule has 2 saturated carbocycles. The van der Waals surface area contributed by atoms with Crippen LogP contribution in [0.1, 0.15) is 27.9 Å². The molecule has 2 bridgehead atoms. The Bertz CT molecular complexity index is 1130. The Hall–Kier alpha value is -3.21. The van der Waals surface area contributed by atoms with E-state index in [9.17, 15) is 14.4 Å². The van der Waals surface area contributed by atoms with E-state index in [1.807, 2.05) is 50.2 Å². The molecule has 5 aliphatic rings. The SMILES string of the molecule is Cc1ccc(N(CN2C(=O)[C@@H]3[C@H]4C=C[C@@H]([C@@H]5C[C@@H]45)[C@H]3C2=O)C(=O)c2ccccc2)c(C)c1. The van der Waals surface area contributed by atoms with Gasteiger partial charge in [0.1, 0.15) is 6.67 Å². The molecule has 1 heterocycles. The largest absolute Gasteiger partial charge is 0.289 e. The third-order valence-electron chi connectivity index (χ3n) is 7.95. The second-order valence-corrected chi connectivity index (χ2v) is 9.79. The van der Waals surface area contributed by atoms with Crippen LogP contribution in [-0.4, -0.2) is 29.3 Å². The second-order valence-electron chi connectivity index (χ2n) is 9.79. The van der Waals surface area contributed by atoms with Crippen molar-refractivity contribution in [1.29, 1.82) is 0 Å². The fourth-order valence-corrected chi connectivity index (χ4v) is 6.39. The van der Waals surface area contributed by atoms with Crippen LogP contribution in [0.2, 0.25) is 0 Å². The van der Waals surface area contributed by atoms with E-state index in [4.69, 9.17) is 0 Å². The number of likely N-dealkylation sites (tertiary alicyclic amines) is 1. The highest BCUT2D eigenvalue weighted by Crippen LogP contribution is 2.65. The van der Waals surface area contributed by atoms with Gasteiger partial charge in [0.05, 0.1) is 11.8 Å². The molecule has 0 aromatic heterocycles. The molecule has 2 aromatic rings. The standard InChI is InChI=1S/C27H26N2O3/c1-15-8-11-22(16(2)12-15)28(25(30)17-6-4-3-5-7-17)14-29-26(31)23-18-9-10-19(21-13-20(18)21)24(23)27(29)32/h3-12,18-21,23-24H,13-14H2,1-2H3/t18-,19-,20-,21-,23+,24+/m0/s1. The number of aryl methyl sites for hydroxylation is 2. The summed E-state index contributed by atoms with van der Waals surface area (Å²) in [5.74, 6) is 0.529. The van der Waals surface area contributed by atoms with Gasteiger partial charge in [-0.2, -0.15) is 0 Å². The number of nitrogens with zero attached hydrogens (tertiary/aromatic N) is 2. The number of rotatable bonds is 4. The summed E-state index contributed by atoms with van der Waals surface area (Å²) in [6.45, 7) is 3.92. The van der Waals surface area contributed by atoms with E-state index in [-0.39, 0.29) is 48.1 Å². The predicted molar refractivity (Wildman–Crippen MR) is 121 cm³/mol. The van der Waals surface area contributed by atoms with E-state index in [0.717, 1.165) is 23.2 Å². The van der Waals surface area contributed by atoms with Gasteiger partial charge in [-0.25, -0.2) is 0 Å². The molecule has 5 heteroatoms. The molecule has 2 aromatic carbocycles. The zero-order chi connectivity index (χ0) is 22.1. The average molecular weight is 427 g/mol. The minimum Gasteiger partial charge on any atom is -0.289 e. The van der Waals surface area contributed by atoms with Crippen molar-refractivity contribution in [2.75, 3.05) is 11.6 Å². The number of hydrogen-bond donors (Lipinski definition) is 0. The first-order chi connectivity index (χ1) is 15.5. The molecule has 0 N–H and O–H groups in total. The van der Waals surface area contributed by atoms with Crippen molar-refractivity contribution >= 4 is 23.4 Å². The molecule has 6 atom stereocenters. The van der Waals surface area contributed by atoms with E-state index >= 15 is 0 Å². The van der Waals surface area contributed by atoms with Crippen LogP contribution in [0.5, 0.6) is 0 Å². The molecule has 0 unspecified atom stereocenters. The quantitative estimate of drug-likeness (QED) is 0.549. The van der Waals surface area contributed by atoms with Crippen LogP contribution < -0.4 is 4.90 Å². The molecular weight excluding hydrogens is 400 g/mol. The highest BCUT2D eigenvalue weighted by molar-refractivity contribution is 6.10. The van der Waals surface area contributed by atoms with Crippen molar-refractivity contribution in [3.8, 4) is 0 Å². The summed E-state index contributed by atoms with van der Waals surface area (Å²) in [7, 11) is 0. The van der Waals surface area contributed by atoms with Gasteiger partial charge in [-0.15, -0.1) is 0 Å². The number of amides is 3. The Morgan fingerprint density at radius 2 is 1.56 bits per heavy atom. The molecule has 32 heavy (non-hydrogen) atoms. The summed E-state index contributed by atoms with van der Waals surface area (Å²) in [4.78, 5) is 43.5. The molecule has 0 spiro atoms. The summed E-state index contributed by atoms with van der Waals surface area (Å²) >= 11 is 0. The van der Waals surface area contributed by atoms with Gasteiger partial charge in [-0.05, 0) is 67.7 Å². The van der Waals surface area contributed by atoms with Crippen molar-refractivity contribution in [2.24, 2.45) is 35.5 Å². The third-order valence-corrected chi connectivity index (χ3v) is 7.95. The van der Waals surface area contributed by atoms with Crippen LogP contribution in [0.4, 0.5) is 5.69 Å². The van der Waals surface area contributed by atoms with E-state index in [1.54, 1.807) is 17.0 Å². The van der Waals surface area contributed by atoms with Crippen molar-refractivity contribution in [1.82, 2.24) is 4.90 Å². The van der Waals surface area contributed by atoms with Crippen LogP contribution in [0, 0.1) is 49.4 Å². The van der Waals surface area contributed by atoms with Gasteiger partial charge in [-0.3, -0.25) is 24.2 Å². The summed E-state index contributed by atoms with van der Waals surface area (Å²) in [6, 6.07) is 14.9. The Balaban J connectivity index is 1.36. The normalized spacial score (nSPS) is 31.5. The van der Waals surface area contributed by atoms with Crippen LogP contribution >= 0.6 is 0 Å². The minimum absolute atomic E-state index is 0.0446. The fraction of sp³-hybridized carbons (Fsp3) is 0.370. The molecule has 7 rings (SSSR count). The van der Waals surface area contributed by atoms with E-state index < -0.39 is 0 Å². The maximum atomic E-state index is 13.6. The minimum atomic E-state index is -0.256. The number of anilines is 1. The van der Waals surface area contributed by atoms with Gasteiger partial charge in [0.15, 0.2) is 0 Å². The Labute approximate surface area is 187 Å². The first-order valence-electron chi connectivity index (χ1n) is 11.4. The maximum absolute atomic E-state index is 13.6. The molecule has 4 aliphatic carbocycles. The van der Waals surface area contributed by atoms with E-state index in [0.29, 0.717) is 17.4 Å². The van der Waals surface area contributed by atoms with Gasteiger partial charge in [-0.1, -0.05) is 48.0 Å². The number of carbonyl (C=O) groups is 3. The lowest BCUT2D eigenvalue weighted by atomic mass is 9.63. The maximum Gasteiger partial charge on any atom is 0.259 e. The lowest BCUT2D eigenvalue weighted by molar-refractivity contribution is -0.140. The van der Waals surface area contributed by atoms with Crippen molar-refractivity contribution in [2.45, 2.75) is 20.3 Å². The summed E-state index contributed by atoms with van der Waals surface area (Å²) < 4.78 is 0. The monoisotopic (exact) mass is 426 g/mol. The summed E-state index contributed by atoms with van der Waals surface area (Å²) in [6.07, 6.45) is 5.48. The highest BCUT2D eigenvalue weighted by atomic mass is 16.2. The first-order valence-corrected chi connectivity index (χ1v) is 11.4. The Morgan fingerprint density at radius 1 is 0.938 bits per heavy atom. The lowest BCUT2D eigenvalue weighted by Crippen LogP contribution is -2.45. The topological polar surface area (TPSA) is 57.7 Å². The number of carbonyl (C=O) groups excluding carboxylic acids is 3. The first kappa shape index (κ1) is 19.5. The van der Waals surface area contributed by atoms with E-state index in [1.165, 1.54) is 4.90 Å². The molecule has 3 fully saturated rings. The second kappa shape index (κ2) is 6.89. The zero-order valence-corrected chi connectivity index (χ0v) is 18.3. The molecule has 5 nitrogen and oxygen atoms in total. The van der Waals surface area contributed by atoms with Crippen molar-refractivity contribution in [3.63, 3.8) is 0 Å². The van der Waals surface area contributed by atoms with Gasteiger partial charge < -0.3 is 0 Å². The van der Waals surface area contributed by atoms with Crippen molar-refractivity contribution in [3.05, 3.63) is 77.4 Å². The Kier molecular flexibility index (Phi) is 4.19. The summed E-state index contributed by atoms with van der Waals surface area (Å²) in [5, 5.41) is 0. The van der Waals surface area contributed by atoms with Gasteiger partial charge in [0.25, 0.3) is 5.91 Å². The molecule has 1 saturated heterocycles. The van der Waals surface area contributed by atoms with Crippen LogP contribution in [0.15, 0.2) is 60.7 Å². The average Bonchev–Trinajstić information content (AvgIpc) is 3.58. The van der Waals surface area contributed by atoms with Gasteiger partial charge in [0, 0.05) is 11.3 Å². The van der Waals surface area contributed by atoms with Crippen LogP contribution in [0.3, 0.4) is 0 Å². The fourth-order valence-electron chi connectivity index (χ4n) is 6.39. The third kappa shape index (κ3) is 2.73. The van der Waals surface area contributed by atoms with Gasteiger partial charge in [0.2, 0.25) is 11.8 Å². The molecule has 1 aliphatic heterocycles. The van der Waals surface area contributed by atoms with Crippen LogP contribution in [-0.2, 0) is 9.59 Å². The molecular formula is C27H26N2O3. The number of allylic oxidation sites excluding steroid dienone is 2. The smallest absolute Gasteiger partial charge is 0.259 e. The Morgan fingerprint density at radius 3 is 2.16 bits per heavy atom. The van der Waals surface area contributed by atoms with E-state index in [2.05, 4.69) is 12.2 Å². The summed E-state index contributed by atoms with van der Waals surface area (Å²) in [5.41, 5.74) is 3.30. The number of imide groups is 1. The lowest BCUT2D eigenvalue weighted by Gasteiger charge is -2.37. The molecule has 162 valence electrons. The highest BCUT2D eigenvalue weighted by Gasteiger charge is 2.67. The van der Waals surface area contributed by atoms with Crippen molar-refractivity contribution < 1.29 is 14.4 Å². The number of hydrogen-bond acceptors (Lipinski definition) is 3. The van der Waals surface area contributed by atoms with Crippen LogP contribution in [0.25, 0.3) is 0 Å².